The molecule has 0 amide bonds. The summed E-state index contributed by atoms with van der Waals surface area (Å²) >= 11 is 0. The fourth-order valence-electron chi connectivity index (χ4n) is 9.92. The molecule has 75 heavy (non-hydrogen) atoms. The van der Waals surface area contributed by atoms with E-state index in [2.05, 4.69) is 150 Å². The summed E-state index contributed by atoms with van der Waals surface area (Å²) in [4.78, 5) is 46.1. The minimum Gasteiger partial charge on any atom is -0.273 e. The Hall–Kier alpha value is -7.80. The molecule has 8 aliphatic rings. The highest BCUT2D eigenvalue weighted by atomic mass is 16.6. The lowest BCUT2D eigenvalue weighted by molar-refractivity contribution is -0.445. The summed E-state index contributed by atoms with van der Waals surface area (Å²) in [7, 11) is 2.97. The van der Waals surface area contributed by atoms with Gasteiger partial charge < -0.3 is 0 Å². The smallest absolute Gasteiger partial charge is 0.194 e. The predicted molar refractivity (Wildman–Crippen MR) is 304 cm³/mol. The van der Waals surface area contributed by atoms with E-state index >= 15 is 0 Å². The fourth-order valence-corrected chi connectivity index (χ4v) is 9.92. The first-order chi connectivity index (χ1) is 36.3. The molecule has 0 radical (unpaired) electrons. The lowest BCUT2D eigenvalue weighted by Crippen LogP contribution is -2.28. The van der Waals surface area contributed by atoms with E-state index in [-0.39, 0.29) is 0 Å². The Morgan fingerprint density at radius 3 is 0.773 bits per heavy atom. The van der Waals surface area contributed by atoms with Crippen molar-refractivity contribution >= 4 is 24.9 Å². The maximum atomic E-state index is 8.81. The molecule has 12 rings (SSSR count). The summed E-state index contributed by atoms with van der Waals surface area (Å²) in [5, 5.41) is 19.9. The van der Waals surface area contributed by atoms with E-state index < -0.39 is 32.0 Å². The largest absolute Gasteiger partial charge is 0.273 e. The van der Waals surface area contributed by atoms with Gasteiger partial charge in [-0.1, -0.05) is 190 Å². The van der Waals surface area contributed by atoms with Gasteiger partial charge in [0.15, 0.2) is 14.1 Å². The molecular weight excluding hydrogens is 935 g/mol. The first kappa shape index (κ1) is 56.5. The molecule has 12 nitrogen and oxygen atoms in total. The van der Waals surface area contributed by atoms with E-state index in [0.29, 0.717) is 0 Å². The first-order valence-electron chi connectivity index (χ1n) is 26.5. The van der Waals surface area contributed by atoms with Gasteiger partial charge in [0.1, 0.15) is 22.2 Å². The topological polar surface area (TPSA) is 165 Å². The molecule has 0 unspecified atom stereocenters. The summed E-state index contributed by atoms with van der Waals surface area (Å²) in [6, 6.07) is 34.0. The minimum atomic E-state index is -0.500. The van der Waals surface area contributed by atoms with Crippen LogP contribution in [0.4, 0.5) is 0 Å². The van der Waals surface area contributed by atoms with E-state index in [1.165, 1.54) is 32.7 Å². The van der Waals surface area contributed by atoms with Crippen molar-refractivity contribution in [2.45, 2.75) is 151 Å². The summed E-state index contributed by atoms with van der Waals surface area (Å²) in [5.41, 5.74) is 6.66. The summed E-state index contributed by atoms with van der Waals surface area (Å²) < 4.78 is 0. The van der Waals surface area contributed by atoms with Crippen LogP contribution < -0.4 is 0 Å². The third-order valence-corrected chi connectivity index (χ3v) is 13.9. The van der Waals surface area contributed by atoms with Crippen molar-refractivity contribution in [3.63, 3.8) is 0 Å². The van der Waals surface area contributed by atoms with Crippen LogP contribution in [0.2, 0.25) is 0 Å². The van der Waals surface area contributed by atoms with E-state index in [4.69, 9.17) is 45.1 Å². The Bertz CT molecular complexity index is 2560. The van der Waals surface area contributed by atoms with Crippen molar-refractivity contribution in [2.24, 2.45) is 25.1 Å². The van der Waals surface area contributed by atoms with Crippen molar-refractivity contribution in [1.29, 1.82) is 0 Å². The maximum Gasteiger partial charge on any atom is 0.194 e. The highest BCUT2D eigenvalue weighted by Gasteiger charge is 2.32. The predicted octanol–water partition coefficient (Wildman–Crippen LogP) is 12.9. The Kier molecular flexibility index (Phi) is 21.5. The van der Waals surface area contributed by atoms with Crippen LogP contribution in [0.1, 0.15) is 173 Å². The number of nitroso groups, excluding NO2 is 1. The van der Waals surface area contributed by atoms with Gasteiger partial charge in [0.25, 0.3) is 0 Å². The molecule has 0 atom stereocenters. The van der Waals surface area contributed by atoms with Crippen LogP contribution in [0.25, 0.3) is 0 Å². The number of nitrogens with zero attached hydrogens (tertiary/aromatic N) is 7. The molecule has 12 heteroatoms. The van der Waals surface area contributed by atoms with Crippen molar-refractivity contribution < 1.29 is 9.85 Å². The van der Waals surface area contributed by atoms with E-state index in [1.807, 2.05) is 24.9 Å². The Balaban J connectivity index is 0.000000761. The average molecular weight is 1000 g/mol. The van der Waals surface area contributed by atoms with E-state index in [1.54, 1.807) is 0 Å². The average Bonchev–Trinajstić information content (AvgIpc) is 3.42. The number of aliphatic imine (C=N–C) groups is 4. The number of hydrogen-bond donors (Lipinski definition) is 0. The van der Waals surface area contributed by atoms with Gasteiger partial charge in [0, 0.05) is 57.0 Å². The molecular formula is C63H69N7O5. The monoisotopic (exact) mass is 1000 g/mol. The van der Waals surface area contributed by atoms with E-state index in [0.717, 1.165) is 161 Å². The van der Waals surface area contributed by atoms with Crippen LogP contribution in [-0.4, -0.2) is 78.0 Å². The van der Waals surface area contributed by atoms with Crippen molar-refractivity contribution in [3.8, 4) is 47.4 Å². The zero-order chi connectivity index (χ0) is 53.3. The molecule has 4 heterocycles. The second kappa shape index (κ2) is 28.6. The molecule has 4 aromatic carbocycles. The van der Waals surface area contributed by atoms with Gasteiger partial charge in [-0.3, -0.25) is 40.2 Å². The van der Waals surface area contributed by atoms with Crippen LogP contribution in [0.3, 0.4) is 0 Å². The summed E-state index contributed by atoms with van der Waals surface area (Å²) in [6.45, 7) is 0. The lowest BCUT2D eigenvalue weighted by Gasteiger charge is -2.28. The molecule has 0 N–H and O–H groups in total. The maximum absolute atomic E-state index is 8.81. The molecule has 0 saturated heterocycles. The summed E-state index contributed by atoms with van der Waals surface area (Å²) in [6.07, 6.45) is 29.9. The quantitative estimate of drug-likeness (QED) is 0.0739. The molecule has 4 fully saturated rings. The van der Waals surface area contributed by atoms with Gasteiger partial charge in [0.2, 0.25) is 0 Å². The van der Waals surface area contributed by atoms with Crippen LogP contribution in [0.15, 0.2) is 122 Å². The highest BCUT2D eigenvalue weighted by molar-refractivity contribution is 5.86. The fraction of sp³-hybridized carbons (Fsp3) is 0.429. The van der Waals surface area contributed by atoms with Gasteiger partial charge in [-0.25, -0.2) is 0 Å². The van der Waals surface area contributed by atoms with Crippen LogP contribution in [0, 0.1) is 72.5 Å². The van der Waals surface area contributed by atoms with Crippen molar-refractivity contribution in [3.05, 3.63) is 167 Å². The SMILES string of the molecule is C1#CC2(CCCCC2)N=Cc2ccc(cc2)C=NC2(C#Cc3cccc(c3)C#CC3(CCCCC3)N=Cc3ccc(cc3)C=NC3(C#Cc4cccc1c4)CCCCC3)CCCCC2.CN=O.C[N+](=O)[O-].C[N+](=O)[O-]. The zero-order valence-corrected chi connectivity index (χ0v) is 43.9. The first-order valence-corrected chi connectivity index (χ1v) is 26.5. The normalized spacial score (nSPS) is 18.5. The number of rotatable bonds is 0. The Morgan fingerprint density at radius 1 is 0.400 bits per heavy atom. The number of benzene rings is 4. The van der Waals surface area contributed by atoms with Crippen molar-refractivity contribution in [1.82, 2.24) is 0 Å². The third-order valence-electron chi connectivity index (χ3n) is 13.9. The minimum absolute atomic E-state index is 0.390. The summed E-state index contributed by atoms with van der Waals surface area (Å²) in [5.74, 6) is 28.8. The third kappa shape index (κ3) is 18.9. The van der Waals surface area contributed by atoms with E-state index in [9.17, 15) is 0 Å². The second-order valence-electron chi connectivity index (χ2n) is 20.0. The molecule has 4 aliphatic carbocycles. The molecule has 4 aromatic rings. The van der Waals surface area contributed by atoms with Gasteiger partial charge >= 0.3 is 0 Å². The van der Waals surface area contributed by atoms with Gasteiger partial charge in [-0.2, -0.15) is 4.91 Å². The second-order valence-corrected chi connectivity index (χ2v) is 20.0. The molecule has 8 bridgehead atoms. The van der Waals surface area contributed by atoms with Gasteiger partial charge in [-0.15, -0.1) is 0 Å². The molecule has 4 aliphatic heterocycles. The number of nitro groups is 2. The Labute approximate surface area is 443 Å². The standard InChI is InChI=1S/C60H60N4.2CH3NO2.CH3NO/c1-5-31-57(32-6-1)39-27-49-15-13-16-50(43-49)28-40-58(33-7-2-8-34-58)63-47-55-23-25-56(26-24-55)48-64-60(37-11-4-12-38-60)42-30-52-18-14-17-51(44-52)29-41-59(35-9-3-10-36-59)62-46-54-21-19-53(20-22-54)45-61-57;2*1-2(3)4;1-2-3/h13-26,43-48H,1-12,31-38H2;2*1H3;1H3. The van der Waals surface area contributed by atoms with Crippen LogP contribution in [0.5, 0.6) is 0 Å². The van der Waals surface area contributed by atoms with Crippen LogP contribution >= 0.6 is 0 Å². The van der Waals surface area contributed by atoms with Gasteiger partial charge in [0.05, 0.1) is 7.05 Å². The molecule has 4 saturated carbocycles. The lowest BCUT2D eigenvalue weighted by atomic mass is 9.82. The Morgan fingerprint density at radius 2 is 0.587 bits per heavy atom. The number of hydrogen-bond acceptors (Lipinski definition) is 10. The van der Waals surface area contributed by atoms with Gasteiger partial charge in [-0.05, 0) is 110 Å². The zero-order valence-electron chi connectivity index (χ0n) is 43.9. The van der Waals surface area contributed by atoms with Crippen molar-refractivity contribution in [2.75, 3.05) is 21.1 Å². The molecule has 0 aromatic heterocycles. The molecule has 4 spiro atoms. The van der Waals surface area contributed by atoms with Crippen LogP contribution in [-0.2, 0) is 0 Å². The highest BCUT2D eigenvalue weighted by Crippen LogP contribution is 2.35. The molecule has 386 valence electrons.